The number of hydrogen-bond donors (Lipinski definition) is 2. The van der Waals surface area contributed by atoms with Gasteiger partial charge in [0.05, 0.1) is 0 Å². The van der Waals surface area contributed by atoms with Crippen LogP contribution in [0.4, 0.5) is 0 Å². The molecule has 5 atom stereocenters. The minimum atomic E-state index is -0.211. The first-order valence-corrected chi connectivity index (χ1v) is 12.8. The number of nitrogens with zero attached hydrogens (tertiary/aromatic N) is 3. The van der Waals surface area contributed by atoms with E-state index in [0.29, 0.717) is 34.4 Å². The summed E-state index contributed by atoms with van der Waals surface area (Å²) in [5, 5.41) is 6.28. The molecule has 2 heterocycles. The molecule has 4 fully saturated rings. The second-order valence-corrected chi connectivity index (χ2v) is 12.9. The van der Waals surface area contributed by atoms with Crippen LogP contribution >= 0.6 is 0 Å². The lowest BCUT2D eigenvalue weighted by molar-refractivity contribution is 0.0888. The van der Waals surface area contributed by atoms with Gasteiger partial charge in [-0.3, -0.25) is 14.0 Å². The number of pyridine rings is 1. The summed E-state index contributed by atoms with van der Waals surface area (Å²) in [7, 11) is 4.06. The van der Waals surface area contributed by atoms with E-state index in [1.54, 1.807) is 10.6 Å². The van der Waals surface area contributed by atoms with E-state index in [4.69, 9.17) is 0 Å². The molecule has 2 amide bonds. The molecule has 6 rings (SSSR count). The van der Waals surface area contributed by atoms with Gasteiger partial charge in [0.25, 0.3) is 11.8 Å². The van der Waals surface area contributed by atoms with Crippen LogP contribution in [0, 0.1) is 34.0 Å². The van der Waals surface area contributed by atoms with Gasteiger partial charge in [0.15, 0.2) is 0 Å². The van der Waals surface area contributed by atoms with Crippen LogP contribution in [0.1, 0.15) is 66.9 Å². The molecule has 0 saturated heterocycles. The summed E-state index contributed by atoms with van der Waals surface area (Å²) in [5.41, 5.74) is 2.39. The summed E-state index contributed by atoms with van der Waals surface area (Å²) in [4.78, 5) is 32.7. The molecule has 5 unspecified atom stereocenters. The summed E-state index contributed by atoms with van der Waals surface area (Å²) in [6, 6.07) is 5.49. The SMILES string of the molecule is CN(C)CC(C)(C)CNC(=O)c1cn2c(C(=O)NCC34CC5CC5C5(CC5C3)C4)cccc2n1. The normalized spacial score (nSPS) is 32.9. The zero-order chi connectivity index (χ0) is 23.9. The van der Waals surface area contributed by atoms with Crippen molar-refractivity contribution in [1.29, 1.82) is 0 Å². The summed E-state index contributed by atoms with van der Waals surface area (Å²) < 4.78 is 1.75. The van der Waals surface area contributed by atoms with Crippen LogP contribution in [0.5, 0.6) is 0 Å². The molecule has 1 spiro atoms. The highest BCUT2D eigenvalue weighted by Crippen LogP contribution is 2.83. The van der Waals surface area contributed by atoms with Gasteiger partial charge in [0, 0.05) is 25.8 Å². The Morgan fingerprint density at radius 3 is 2.79 bits per heavy atom. The molecule has 0 aromatic carbocycles. The third-order valence-electron chi connectivity index (χ3n) is 9.07. The molecule has 2 bridgehead atoms. The average Bonchev–Trinajstić information content (AvgIpc) is 3.60. The Labute approximate surface area is 201 Å². The van der Waals surface area contributed by atoms with E-state index < -0.39 is 0 Å². The maximum Gasteiger partial charge on any atom is 0.271 e. The Balaban J connectivity index is 1.13. The highest BCUT2D eigenvalue weighted by molar-refractivity contribution is 5.95. The Hall–Kier alpha value is -2.41. The van der Waals surface area contributed by atoms with Crippen molar-refractivity contribution in [2.45, 2.75) is 46.0 Å². The van der Waals surface area contributed by atoms with E-state index in [1.807, 2.05) is 32.3 Å². The molecular weight excluding hydrogens is 426 g/mol. The molecule has 2 aromatic rings. The number of aromatic nitrogens is 2. The predicted molar refractivity (Wildman–Crippen MR) is 131 cm³/mol. The number of carbonyl (C=O) groups excluding carboxylic acids is 2. The average molecular weight is 464 g/mol. The van der Waals surface area contributed by atoms with Crippen molar-refractivity contribution in [3.05, 3.63) is 35.8 Å². The fourth-order valence-corrected chi connectivity index (χ4v) is 7.85. The van der Waals surface area contributed by atoms with Crippen molar-refractivity contribution < 1.29 is 9.59 Å². The van der Waals surface area contributed by atoms with Crippen molar-refractivity contribution in [3.63, 3.8) is 0 Å². The quantitative estimate of drug-likeness (QED) is 0.630. The van der Waals surface area contributed by atoms with E-state index in [2.05, 4.69) is 34.4 Å². The van der Waals surface area contributed by atoms with Crippen LogP contribution < -0.4 is 10.6 Å². The van der Waals surface area contributed by atoms with Crippen LogP contribution in [-0.4, -0.2) is 59.8 Å². The van der Waals surface area contributed by atoms with Gasteiger partial charge in [0.1, 0.15) is 17.0 Å². The zero-order valence-electron chi connectivity index (χ0n) is 20.9. The lowest BCUT2D eigenvalue weighted by Gasteiger charge is -2.36. The minimum Gasteiger partial charge on any atom is -0.350 e. The van der Waals surface area contributed by atoms with E-state index >= 15 is 0 Å². The molecule has 34 heavy (non-hydrogen) atoms. The van der Waals surface area contributed by atoms with Gasteiger partial charge >= 0.3 is 0 Å². The zero-order valence-corrected chi connectivity index (χ0v) is 20.9. The highest BCUT2D eigenvalue weighted by atomic mass is 16.2. The molecule has 2 N–H and O–H groups in total. The first kappa shape index (κ1) is 22.1. The summed E-state index contributed by atoms with van der Waals surface area (Å²) >= 11 is 0. The van der Waals surface area contributed by atoms with Crippen molar-refractivity contribution in [2.75, 3.05) is 33.7 Å². The Bertz CT molecular complexity index is 1160. The molecule has 182 valence electrons. The molecule has 4 aliphatic carbocycles. The lowest BCUT2D eigenvalue weighted by atomic mass is 9.71. The van der Waals surface area contributed by atoms with Gasteiger partial charge in [-0.2, -0.15) is 0 Å². The van der Waals surface area contributed by atoms with Crippen LogP contribution in [0.2, 0.25) is 0 Å². The lowest BCUT2D eigenvalue weighted by Crippen LogP contribution is -2.40. The van der Waals surface area contributed by atoms with Gasteiger partial charge in [-0.15, -0.1) is 0 Å². The number of rotatable bonds is 8. The van der Waals surface area contributed by atoms with Gasteiger partial charge in [0.2, 0.25) is 0 Å². The van der Waals surface area contributed by atoms with Gasteiger partial charge in [-0.25, -0.2) is 4.98 Å². The Morgan fingerprint density at radius 2 is 2.00 bits per heavy atom. The van der Waals surface area contributed by atoms with Crippen molar-refractivity contribution in [3.8, 4) is 0 Å². The van der Waals surface area contributed by atoms with Crippen molar-refractivity contribution in [2.24, 2.45) is 34.0 Å². The third-order valence-corrected chi connectivity index (χ3v) is 9.07. The molecular formula is C27H37N5O2. The molecule has 0 aliphatic heterocycles. The van der Waals surface area contributed by atoms with Crippen LogP contribution in [0.15, 0.2) is 24.4 Å². The predicted octanol–water partition coefficient (Wildman–Crippen LogP) is 3.21. The van der Waals surface area contributed by atoms with Gasteiger partial charge < -0.3 is 15.5 Å². The fourth-order valence-electron chi connectivity index (χ4n) is 7.85. The number of nitrogens with one attached hydrogen (secondary N) is 2. The Kier molecular flexibility index (Phi) is 4.74. The standard InChI is InChI=1S/C27H37N5O2/c1-25(2,16-31(3)4)14-28-23(33)20-12-32-21(6-5-7-22(32)30-20)24(34)29-15-26-9-17-8-19(17)27(13-26)11-18(27)10-26/h5-7,12,17-19H,8-11,13-16H2,1-4H3,(H,28,33)(H,29,34). The van der Waals surface area contributed by atoms with Gasteiger partial charge in [-0.1, -0.05) is 19.9 Å². The highest BCUT2D eigenvalue weighted by Gasteiger charge is 2.76. The minimum absolute atomic E-state index is 0.0538. The maximum absolute atomic E-state index is 13.2. The molecule has 4 aliphatic rings. The number of hydrogen-bond acceptors (Lipinski definition) is 4. The van der Waals surface area contributed by atoms with Gasteiger partial charge in [-0.05, 0) is 92.3 Å². The first-order chi connectivity index (χ1) is 16.1. The first-order valence-electron chi connectivity index (χ1n) is 12.8. The fraction of sp³-hybridized carbons (Fsp3) is 0.667. The van der Waals surface area contributed by atoms with Crippen molar-refractivity contribution in [1.82, 2.24) is 24.9 Å². The number of imidazole rings is 1. The molecule has 4 saturated carbocycles. The van der Waals surface area contributed by atoms with E-state index in [0.717, 1.165) is 30.8 Å². The summed E-state index contributed by atoms with van der Waals surface area (Å²) in [6.07, 6.45) is 8.46. The second kappa shape index (κ2) is 7.30. The smallest absolute Gasteiger partial charge is 0.271 e. The number of carbonyl (C=O) groups is 2. The molecule has 2 aromatic heterocycles. The van der Waals surface area contributed by atoms with E-state index in [1.165, 1.54) is 32.1 Å². The number of amides is 2. The van der Waals surface area contributed by atoms with Crippen LogP contribution in [0.25, 0.3) is 5.65 Å². The molecule has 7 nitrogen and oxygen atoms in total. The van der Waals surface area contributed by atoms with Crippen molar-refractivity contribution >= 4 is 17.5 Å². The second-order valence-electron chi connectivity index (χ2n) is 12.9. The summed E-state index contributed by atoms with van der Waals surface area (Å²) in [5.74, 6) is 2.55. The Morgan fingerprint density at radius 1 is 1.18 bits per heavy atom. The van der Waals surface area contributed by atoms with Crippen LogP contribution in [-0.2, 0) is 0 Å². The molecule has 7 heteroatoms. The van der Waals surface area contributed by atoms with Crippen LogP contribution in [0.3, 0.4) is 0 Å². The third kappa shape index (κ3) is 3.63. The topological polar surface area (TPSA) is 78.7 Å². The number of fused-ring (bicyclic) bond motifs is 3. The van der Waals surface area contributed by atoms with E-state index in [-0.39, 0.29) is 17.2 Å². The summed E-state index contributed by atoms with van der Waals surface area (Å²) in [6.45, 7) is 6.45. The largest absolute Gasteiger partial charge is 0.350 e. The van der Waals surface area contributed by atoms with E-state index in [9.17, 15) is 9.59 Å². The monoisotopic (exact) mass is 463 g/mol. The molecule has 0 radical (unpaired) electrons. The maximum atomic E-state index is 13.2.